The molecule has 2 heterocycles. The lowest BCUT2D eigenvalue weighted by atomic mass is 9.92. The molecule has 6 heteroatoms. The third-order valence-corrected chi connectivity index (χ3v) is 3.68. The number of hydrogen-bond donors (Lipinski definition) is 1. The molecule has 3 rings (SSSR count). The Kier molecular flexibility index (Phi) is 4.07. The lowest BCUT2D eigenvalue weighted by Gasteiger charge is -2.12. The van der Waals surface area contributed by atoms with Crippen LogP contribution >= 0.6 is 0 Å². The van der Waals surface area contributed by atoms with Crippen molar-refractivity contribution in [3.63, 3.8) is 0 Å². The molecule has 23 heavy (non-hydrogen) atoms. The van der Waals surface area contributed by atoms with Crippen molar-refractivity contribution in [1.29, 1.82) is 0 Å². The summed E-state index contributed by atoms with van der Waals surface area (Å²) in [5.41, 5.74) is 1.13. The summed E-state index contributed by atoms with van der Waals surface area (Å²) >= 11 is 0. The van der Waals surface area contributed by atoms with Crippen LogP contribution in [0, 0.1) is 5.92 Å². The maximum atomic E-state index is 12.3. The summed E-state index contributed by atoms with van der Waals surface area (Å²) in [4.78, 5) is 16.4. The summed E-state index contributed by atoms with van der Waals surface area (Å²) in [6, 6.07) is 5.02. The molecular formula is C17H21N3O3. The first kappa shape index (κ1) is 15.5. The first-order valence-corrected chi connectivity index (χ1v) is 7.79. The number of ether oxygens (including phenoxy) is 1. The second-order valence-corrected chi connectivity index (χ2v) is 6.92. The highest BCUT2D eigenvalue weighted by atomic mass is 16.5. The van der Waals surface area contributed by atoms with E-state index in [0.717, 1.165) is 5.69 Å². The molecule has 1 amide bonds. The molecule has 0 atom stereocenters. The van der Waals surface area contributed by atoms with Crippen LogP contribution in [0.5, 0.6) is 5.88 Å². The van der Waals surface area contributed by atoms with Gasteiger partial charge in [-0.05, 0) is 24.8 Å². The van der Waals surface area contributed by atoms with Crippen molar-refractivity contribution in [1.82, 2.24) is 10.1 Å². The Labute approximate surface area is 135 Å². The predicted molar refractivity (Wildman–Crippen MR) is 85.6 cm³/mol. The third kappa shape index (κ3) is 4.09. The van der Waals surface area contributed by atoms with E-state index in [9.17, 15) is 4.79 Å². The Bertz CT molecular complexity index is 699. The van der Waals surface area contributed by atoms with E-state index in [-0.39, 0.29) is 11.3 Å². The second kappa shape index (κ2) is 6.02. The largest absolute Gasteiger partial charge is 0.477 e. The van der Waals surface area contributed by atoms with E-state index in [4.69, 9.17) is 9.26 Å². The van der Waals surface area contributed by atoms with E-state index in [1.165, 1.54) is 12.8 Å². The van der Waals surface area contributed by atoms with Crippen molar-refractivity contribution < 1.29 is 14.1 Å². The molecule has 1 aliphatic rings. The van der Waals surface area contributed by atoms with E-state index < -0.39 is 0 Å². The lowest BCUT2D eigenvalue weighted by molar-refractivity contribution is 0.102. The number of pyridine rings is 1. The molecule has 0 spiro atoms. The Balaban J connectivity index is 1.65. The zero-order valence-corrected chi connectivity index (χ0v) is 13.6. The van der Waals surface area contributed by atoms with Crippen LogP contribution in [-0.2, 0) is 5.41 Å². The van der Waals surface area contributed by atoms with Gasteiger partial charge >= 0.3 is 0 Å². The van der Waals surface area contributed by atoms with Gasteiger partial charge in [-0.3, -0.25) is 10.1 Å². The number of nitrogens with zero attached hydrogens (tertiary/aromatic N) is 2. The van der Waals surface area contributed by atoms with Crippen molar-refractivity contribution in [2.24, 2.45) is 5.92 Å². The molecule has 0 bridgehead atoms. The maximum absolute atomic E-state index is 12.3. The van der Waals surface area contributed by atoms with E-state index in [2.05, 4.69) is 15.5 Å². The summed E-state index contributed by atoms with van der Waals surface area (Å²) in [6.45, 7) is 6.75. The van der Waals surface area contributed by atoms with Gasteiger partial charge in [0.1, 0.15) is 0 Å². The molecule has 1 aliphatic carbocycles. The van der Waals surface area contributed by atoms with Crippen molar-refractivity contribution in [2.75, 3.05) is 11.9 Å². The number of amides is 1. The number of hydrogen-bond acceptors (Lipinski definition) is 5. The summed E-state index contributed by atoms with van der Waals surface area (Å²) in [5, 5.41) is 6.68. The molecule has 0 aromatic carbocycles. The van der Waals surface area contributed by atoms with Crippen molar-refractivity contribution in [3.05, 3.63) is 35.7 Å². The molecule has 2 aromatic heterocycles. The van der Waals surface area contributed by atoms with Gasteiger partial charge in [0.05, 0.1) is 12.3 Å². The van der Waals surface area contributed by atoms with Crippen LogP contribution in [0.25, 0.3) is 0 Å². The molecule has 0 aliphatic heterocycles. The summed E-state index contributed by atoms with van der Waals surface area (Å²) in [7, 11) is 0. The number of carbonyl (C=O) groups is 1. The van der Waals surface area contributed by atoms with Gasteiger partial charge in [0.25, 0.3) is 5.91 Å². The van der Waals surface area contributed by atoms with Gasteiger partial charge in [0.2, 0.25) is 11.8 Å². The van der Waals surface area contributed by atoms with Crippen LogP contribution in [0.1, 0.15) is 49.7 Å². The third-order valence-electron chi connectivity index (χ3n) is 3.68. The molecule has 1 saturated carbocycles. The molecule has 1 N–H and O–H groups in total. The Morgan fingerprint density at radius 2 is 2.17 bits per heavy atom. The predicted octanol–water partition coefficient (Wildman–Crippen LogP) is 3.41. The van der Waals surface area contributed by atoms with Crippen molar-refractivity contribution in [2.45, 2.75) is 39.0 Å². The first-order valence-electron chi connectivity index (χ1n) is 7.79. The fraction of sp³-hybridized carbons (Fsp3) is 0.471. The average Bonchev–Trinajstić information content (AvgIpc) is 3.21. The van der Waals surface area contributed by atoms with Gasteiger partial charge < -0.3 is 9.26 Å². The number of carbonyl (C=O) groups excluding carboxylic acids is 1. The van der Waals surface area contributed by atoms with Gasteiger partial charge in [-0.25, -0.2) is 4.98 Å². The molecule has 0 saturated heterocycles. The summed E-state index contributed by atoms with van der Waals surface area (Å²) < 4.78 is 10.8. The van der Waals surface area contributed by atoms with Gasteiger partial charge in [0, 0.05) is 29.3 Å². The fourth-order valence-corrected chi connectivity index (χ4v) is 1.99. The monoisotopic (exact) mass is 315 g/mol. The van der Waals surface area contributed by atoms with Crippen LogP contribution in [0.15, 0.2) is 28.9 Å². The number of anilines is 1. The quantitative estimate of drug-likeness (QED) is 0.915. The lowest BCUT2D eigenvalue weighted by Crippen LogP contribution is -2.13. The second-order valence-electron chi connectivity index (χ2n) is 6.92. The van der Waals surface area contributed by atoms with Crippen LogP contribution in [0.4, 0.5) is 5.88 Å². The van der Waals surface area contributed by atoms with Gasteiger partial charge in [-0.15, -0.1) is 0 Å². The number of nitrogens with one attached hydrogen (secondary N) is 1. The summed E-state index contributed by atoms with van der Waals surface area (Å²) in [5.74, 6) is 1.16. The molecule has 0 unspecified atom stereocenters. The van der Waals surface area contributed by atoms with Crippen LogP contribution in [0.3, 0.4) is 0 Å². The molecule has 6 nitrogen and oxygen atoms in total. The SMILES string of the molecule is CC(C)(C)c1cc(NC(=O)c2ccnc(OCC3CC3)c2)on1. The Morgan fingerprint density at radius 3 is 2.83 bits per heavy atom. The number of aromatic nitrogens is 2. The standard InChI is InChI=1S/C17H21N3O3/c1-17(2,3)13-9-15(23-20-13)19-16(21)12-6-7-18-14(8-12)22-10-11-4-5-11/h6-9,11H,4-5,10H2,1-3H3,(H,19,21). The van der Waals surface area contributed by atoms with E-state index in [1.807, 2.05) is 20.8 Å². The van der Waals surface area contributed by atoms with E-state index in [1.54, 1.807) is 24.4 Å². The topological polar surface area (TPSA) is 77.2 Å². The average molecular weight is 315 g/mol. The van der Waals surface area contributed by atoms with E-state index in [0.29, 0.717) is 29.9 Å². The zero-order chi connectivity index (χ0) is 16.4. The van der Waals surface area contributed by atoms with Crippen LogP contribution < -0.4 is 10.1 Å². The van der Waals surface area contributed by atoms with Crippen molar-refractivity contribution >= 4 is 11.8 Å². The van der Waals surface area contributed by atoms with E-state index >= 15 is 0 Å². The van der Waals surface area contributed by atoms with Gasteiger partial charge in [-0.1, -0.05) is 25.9 Å². The minimum atomic E-state index is -0.278. The van der Waals surface area contributed by atoms with Crippen LogP contribution in [0.2, 0.25) is 0 Å². The normalized spacial score (nSPS) is 14.6. The molecule has 1 fully saturated rings. The first-order chi connectivity index (χ1) is 10.9. The summed E-state index contributed by atoms with van der Waals surface area (Å²) in [6.07, 6.45) is 3.99. The highest BCUT2D eigenvalue weighted by molar-refractivity contribution is 6.03. The molecular weight excluding hydrogens is 294 g/mol. The highest BCUT2D eigenvalue weighted by Crippen LogP contribution is 2.29. The smallest absolute Gasteiger partial charge is 0.258 e. The van der Waals surface area contributed by atoms with Crippen molar-refractivity contribution in [3.8, 4) is 5.88 Å². The molecule has 2 aromatic rings. The fourth-order valence-electron chi connectivity index (χ4n) is 1.99. The Morgan fingerprint density at radius 1 is 1.39 bits per heavy atom. The minimum Gasteiger partial charge on any atom is -0.477 e. The van der Waals surface area contributed by atoms with Gasteiger partial charge in [0.15, 0.2) is 0 Å². The Hall–Kier alpha value is -2.37. The maximum Gasteiger partial charge on any atom is 0.258 e. The zero-order valence-electron chi connectivity index (χ0n) is 13.6. The molecule has 122 valence electrons. The number of rotatable bonds is 5. The molecule has 0 radical (unpaired) electrons. The van der Waals surface area contributed by atoms with Gasteiger partial charge in [-0.2, -0.15) is 0 Å². The minimum absolute atomic E-state index is 0.132. The highest BCUT2D eigenvalue weighted by Gasteiger charge is 2.22. The van der Waals surface area contributed by atoms with Crippen LogP contribution in [-0.4, -0.2) is 22.7 Å².